The van der Waals surface area contributed by atoms with E-state index in [-0.39, 0.29) is 11.9 Å². The van der Waals surface area contributed by atoms with Gasteiger partial charge >= 0.3 is 0 Å². The molecule has 3 atom stereocenters. The Bertz CT molecular complexity index is 1040. The number of likely N-dealkylation sites (tertiary alicyclic amines) is 1. The highest BCUT2D eigenvalue weighted by Gasteiger charge is 2.48. The van der Waals surface area contributed by atoms with Crippen LogP contribution in [0.1, 0.15) is 16.7 Å². The zero-order valence-electron chi connectivity index (χ0n) is 18.8. The second-order valence-electron chi connectivity index (χ2n) is 8.02. The summed E-state index contributed by atoms with van der Waals surface area (Å²) in [5.74, 6) is 0.685. The van der Waals surface area contributed by atoms with Crippen LogP contribution in [0, 0.1) is 0 Å². The number of nitrogens with zero attached hydrogens (tertiary/aromatic N) is 1. The molecule has 33 heavy (non-hydrogen) atoms. The molecule has 1 amide bonds. The fourth-order valence-electron chi connectivity index (χ4n) is 4.06. The Hall–Kier alpha value is -3.41. The second-order valence-corrected chi connectivity index (χ2v) is 8.02. The Morgan fingerprint density at radius 2 is 1.39 bits per heavy atom. The van der Waals surface area contributed by atoms with Crippen LogP contribution in [0.15, 0.2) is 97.6 Å². The second kappa shape index (κ2) is 10.9. The highest BCUT2D eigenvalue weighted by Crippen LogP contribution is 2.30. The number of carbonyl (C=O) groups is 1. The van der Waals surface area contributed by atoms with Crippen LogP contribution in [0.2, 0.25) is 0 Å². The van der Waals surface area contributed by atoms with Gasteiger partial charge in [-0.3, -0.25) is 4.79 Å². The van der Waals surface area contributed by atoms with Crippen LogP contribution in [-0.2, 0) is 34.0 Å². The highest BCUT2D eigenvalue weighted by molar-refractivity contribution is 5.85. The summed E-state index contributed by atoms with van der Waals surface area (Å²) >= 11 is 0. The van der Waals surface area contributed by atoms with Crippen LogP contribution in [0.25, 0.3) is 0 Å². The van der Waals surface area contributed by atoms with Crippen molar-refractivity contribution < 1.29 is 19.0 Å². The molecular weight excluding hydrogens is 414 g/mol. The van der Waals surface area contributed by atoms with Gasteiger partial charge in [0.15, 0.2) is 6.10 Å². The first-order valence-corrected chi connectivity index (χ1v) is 11.1. The summed E-state index contributed by atoms with van der Waals surface area (Å²) in [4.78, 5) is 15.3. The van der Waals surface area contributed by atoms with Crippen molar-refractivity contribution in [1.29, 1.82) is 0 Å². The predicted molar refractivity (Wildman–Crippen MR) is 128 cm³/mol. The van der Waals surface area contributed by atoms with E-state index in [9.17, 15) is 4.79 Å². The maximum Gasteiger partial charge on any atom is 0.255 e. The molecule has 0 N–H and O–H groups in total. The normalized spacial score (nSPS) is 20.1. The summed E-state index contributed by atoms with van der Waals surface area (Å²) in [5.41, 5.74) is 3.06. The monoisotopic (exact) mass is 443 g/mol. The lowest BCUT2D eigenvalue weighted by Gasteiger charge is -2.25. The summed E-state index contributed by atoms with van der Waals surface area (Å²) in [6, 6.07) is 27.2. The van der Waals surface area contributed by atoms with Gasteiger partial charge in [-0.2, -0.15) is 0 Å². The minimum atomic E-state index is -0.713. The zero-order valence-corrected chi connectivity index (χ0v) is 18.8. The third kappa shape index (κ3) is 5.51. The van der Waals surface area contributed by atoms with Crippen LogP contribution in [0.5, 0.6) is 5.75 Å². The van der Waals surface area contributed by atoms with Crippen molar-refractivity contribution in [2.45, 2.75) is 38.0 Å². The maximum absolute atomic E-state index is 13.5. The van der Waals surface area contributed by atoms with E-state index in [1.54, 1.807) is 18.1 Å². The summed E-state index contributed by atoms with van der Waals surface area (Å²) in [5, 5.41) is 0. The number of methoxy groups -OCH3 is 1. The van der Waals surface area contributed by atoms with Gasteiger partial charge < -0.3 is 19.1 Å². The molecule has 0 spiro atoms. The molecule has 0 saturated carbocycles. The number of hydrogen-bond acceptors (Lipinski definition) is 4. The number of hydrogen-bond donors (Lipinski definition) is 0. The van der Waals surface area contributed by atoms with Gasteiger partial charge in [-0.1, -0.05) is 78.9 Å². The van der Waals surface area contributed by atoms with E-state index in [1.165, 1.54) is 0 Å². The number of amides is 1. The molecular formula is C28H29NO4. The molecule has 0 radical (unpaired) electrons. The fourth-order valence-corrected chi connectivity index (χ4v) is 4.06. The number of ether oxygens (including phenoxy) is 3. The van der Waals surface area contributed by atoms with Crippen molar-refractivity contribution >= 4 is 5.91 Å². The van der Waals surface area contributed by atoms with Crippen molar-refractivity contribution in [1.82, 2.24) is 4.90 Å². The van der Waals surface area contributed by atoms with Crippen LogP contribution in [0.3, 0.4) is 0 Å². The SMILES string of the molecule is C=C[C@@H]1[C@H](OCc2ccccc2)[C@@H](OCc2ccccc2)C(=O)N1Cc1ccc(OC)cc1. The molecule has 1 aliphatic heterocycles. The summed E-state index contributed by atoms with van der Waals surface area (Å²) in [6.07, 6.45) is 0.607. The lowest BCUT2D eigenvalue weighted by atomic mass is 10.1. The minimum absolute atomic E-state index is 0.0929. The van der Waals surface area contributed by atoms with Gasteiger partial charge in [0, 0.05) is 6.54 Å². The molecule has 5 heteroatoms. The fraction of sp³-hybridized carbons (Fsp3) is 0.250. The molecule has 0 aromatic heterocycles. The highest BCUT2D eigenvalue weighted by atomic mass is 16.5. The zero-order chi connectivity index (χ0) is 23.0. The number of rotatable bonds is 10. The third-order valence-electron chi connectivity index (χ3n) is 5.83. The van der Waals surface area contributed by atoms with Crippen LogP contribution in [-0.4, -0.2) is 36.2 Å². The van der Waals surface area contributed by atoms with E-state index < -0.39 is 12.2 Å². The van der Waals surface area contributed by atoms with Crippen molar-refractivity contribution in [3.05, 3.63) is 114 Å². The number of benzene rings is 3. The topological polar surface area (TPSA) is 48.0 Å². The molecule has 0 bridgehead atoms. The Labute approximate surface area is 195 Å². The number of carbonyl (C=O) groups excluding carboxylic acids is 1. The van der Waals surface area contributed by atoms with E-state index in [1.807, 2.05) is 84.9 Å². The lowest BCUT2D eigenvalue weighted by molar-refractivity contribution is -0.142. The first kappa shape index (κ1) is 22.8. The van der Waals surface area contributed by atoms with Gasteiger partial charge in [0.1, 0.15) is 11.9 Å². The van der Waals surface area contributed by atoms with Gasteiger partial charge in [0.25, 0.3) is 5.91 Å². The third-order valence-corrected chi connectivity index (χ3v) is 5.83. The Morgan fingerprint density at radius 3 is 1.94 bits per heavy atom. The van der Waals surface area contributed by atoms with Gasteiger partial charge in [-0.25, -0.2) is 0 Å². The quantitative estimate of drug-likeness (QED) is 0.424. The smallest absolute Gasteiger partial charge is 0.255 e. The van der Waals surface area contributed by atoms with Crippen molar-refractivity contribution in [3.63, 3.8) is 0 Å². The molecule has 0 unspecified atom stereocenters. The molecule has 1 aliphatic rings. The van der Waals surface area contributed by atoms with Crippen LogP contribution in [0.4, 0.5) is 0 Å². The average Bonchev–Trinajstić information content (AvgIpc) is 3.12. The van der Waals surface area contributed by atoms with Crippen LogP contribution >= 0.6 is 0 Å². The summed E-state index contributed by atoms with van der Waals surface area (Å²) < 4.78 is 17.7. The van der Waals surface area contributed by atoms with Crippen LogP contribution < -0.4 is 4.74 Å². The van der Waals surface area contributed by atoms with Gasteiger partial charge in [0.05, 0.1) is 26.4 Å². The molecule has 4 rings (SSSR count). The minimum Gasteiger partial charge on any atom is -0.497 e. The van der Waals surface area contributed by atoms with Crippen molar-refractivity contribution in [2.24, 2.45) is 0 Å². The molecule has 1 fully saturated rings. The lowest BCUT2D eigenvalue weighted by Crippen LogP contribution is -2.36. The first-order chi connectivity index (χ1) is 16.2. The van der Waals surface area contributed by atoms with E-state index in [4.69, 9.17) is 14.2 Å². The van der Waals surface area contributed by atoms with Crippen molar-refractivity contribution in [3.8, 4) is 5.75 Å². The van der Waals surface area contributed by atoms with E-state index in [0.29, 0.717) is 19.8 Å². The molecule has 170 valence electrons. The molecule has 3 aromatic carbocycles. The summed E-state index contributed by atoms with van der Waals surface area (Å²) in [7, 11) is 1.64. The Kier molecular flexibility index (Phi) is 7.55. The van der Waals surface area contributed by atoms with Gasteiger partial charge in [-0.05, 0) is 28.8 Å². The largest absolute Gasteiger partial charge is 0.497 e. The Balaban J connectivity index is 1.54. The van der Waals surface area contributed by atoms with E-state index >= 15 is 0 Å². The van der Waals surface area contributed by atoms with Gasteiger partial charge in [0.2, 0.25) is 0 Å². The average molecular weight is 444 g/mol. The summed E-state index contributed by atoms with van der Waals surface area (Å²) in [6.45, 7) is 5.17. The molecule has 0 aliphatic carbocycles. The molecule has 1 saturated heterocycles. The predicted octanol–water partition coefficient (Wildman–Crippen LogP) is 4.76. The first-order valence-electron chi connectivity index (χ1n) is 11.1. The van der Waals surface area contributed by atoms with Crippen molar-refractivity contribution in [2.75, 3.05) is 7.11 Å². The van der Waals surface area contributed by atoms with Gasteiger partial charge in [-0.15, -0.1) is 6.58 Å². The Morgan fingerprint density at radius 1 is 0.818 bits per heavy atom. The van der Waals surface area contributed by atoms with E-state index in [2.05, 4.69) is 6.58 Å². The molecule has 3 aromatic rings. The standard InChI is InChI=1S/C28H29NO4/c1-3-25-26(32-19-22-10-6-4-7-11-22)27(33-20-23-12-8-5-9-13-23)28(30)29(25)18-21-14-16-24(31-2)17-15-21/h3-17,25-27H,1,18-20H2,2H3/t25-,26+,27-/m1/s1. The molecule has 1 heterocycles. The van der Waals surface area contributed by atoms with E-state index in [0.717, 1.165) is 22.4 Å². The molecule has 5 nitrogen and oxygen atoms in total. The maximum atomic E-state index is 13.5.